The Morgan fingerprint density at radius 3 is 3.29 bits per heavy atom. The van der Waals surface area contributed by atoms with E-state index in [4.69, 9.17) is 0 Å². The van der Waals surface area contributed by atoms with Gasteiger partial charge in [0.2, 0.25) is 0 Å². The number of ether oxygens (including phenoxy) is 1. The lowest BCUT2D eigenvalue weighted by molar-refractivity contribution is -0.140. The second-order valence-corrected chi connectivity index (χ2v) is 4.40. The van der Waals surface area contributed by atoms with Crippen LogP contribution in [0, 0.1) is 0 Å². The average Bonchev–Trinajstić information content (AvgIpc) is 2.72. The van der Waals surface area contributed by atoms with Gasteiger partial charge in [0.05, 0.1) is 19.7 Å². The molecule has 94 valence electrons. The predicted molar refractivity (Wildman–Crippen MR) is 63.5 cm³/mol. The Morgan fingerprint density at radius 2 is 2.53 bits per heavy atom. The molecule has 0 amide bonds. The van der Waals surface area contributed by atoms with E-state index in [0.29, 0.717) is 19.0 Å². The Labute approximate surface area is 101 Å². The predicted octanol–water partition coefficient (Wildman–Crippen LogP) is 0.950. The molecular weight excluding hydrogens is 218 g/mol. The monoisotopic (exact) mass is 237 g/mol. The quantitative estimate of drug-likeness (QED) is 0.792. The number of methoxy groups -OCH3 is 1. The summed E-state index contributed by atoms with van der Waals surface area (Å²) in [6.07, 6.45) is 5.73. The van der Waals surface area contributed by atoms with Crippen molar-refractivity contribution >= 4 is 5.97 Å². The van der Waals surface area contributed by atoms with Gasteiger partial charge in [0.15, 0.2) is 0 Å². The van der Waals surface area contributed by atoms with Gasteiger partial charge in [0, 0.05) is 30.9 Å². The zero-order chi connectivity index (χ0) is 12.3. The number of rotatable bonds is 4. The smallest absolute Gasteiger partial charge is 0.306 e. The van der Waals surface area contributed by atoms with Crippen LogP contribution in [0.5, 0.6) is 0 Å². The first-order valence-electron chi connectivity index (χ1n) is 6.03. The number of aryl methyl sites for hydroxylation is 1. The van der Waals surface area contributed by atoms with Gasteiger partial charge in [-0.05, 0) is 19.3 Å². The Hall–Kier alpha value is -1.36. The van der Waals surface area contributed by atoms with Crippen molar-refractivity contribution in [3.05, 3.63) is 17.5 Å². The zero-order valence-electron chi connectivity index (χ0n) is 10.4. The highest BCUT2D eigenvalue weighted by molar-refractivity contribution is 5.69. The molecular formula is C12H19N3O2. The molecule has 5 heteroatoms. The standard InChI is InChI=1S/C12H19N3O2/c1-15-11-5-3-4-10(9(11)8-14-15)13-7-6-12(16)17-2/h8,10,13H,3-7H2,1-2H3. The Kier molecular flexibility index (Phi) is 3.78. The molecule has 1 aromatic heterocycles. The van der Waals surface area contributed by atoms with Crippen LogP contribution in [0.1, 0.15) is 36.6 Å². The molecule has 1 heterocycles. The van der Waals surface area contributed by atoms with Crippen LogP contribution in [-0.4, -0.2) is 29.4 Å². The normalized spacial score (nSPS) is 18.8. The van der Waals surface area contributed by atoms with Crippen LogP contribution >= 0.6 is 0 Å². The van der Waals surface area contributed by atoms with Gasteiger partial charge in [-0.25, -0.2) is 0 Å². The lowest BCUT2D eigenvalue weighted by atomic mass is 9.93. The van der Waals surface area contributed by atoms with Gasteiger partial charge >= 0.3 is 5.97 Å². The summed E-state index contributed by atoms with van der Waals surface area (Å²) in [4.78, 5) is 11.0. The van der Waals surface area contributed by atoms with E-state index in [2.05, 4.69) is 15.2 Å². The van der Waals surface area contributed by atoms with Crippen LogP contribution in [0.15, 0.2) is 6.20 Å². The number of nitrogens with one attached hydrogen (secondary N) is 1. The maximum Gasteiger partial charge on any atom is 0.306 e. The number of esters is 1. The van der Waals surface area contributed by atoms with E-state index in [0.717, 1.165) is 12.8 Å². The lowest BCUT2D eigenvalue weighted by Gasteiger charge is -2.23. The van der Waals surface area contributed by atoms with Crippen molar-refractivity contribution in [2.24, 2.45) is 7.05 Å². The summed E-state index contributed by atoms with van der Waals surface area (Å²) in [6, 6.07) is 0.331. The SMILES string of the molecule is COC(=O)CCNC1CCCc2c1cnn2C. The highest BCUT2D eigenvalue weighted by Gasteiger charge is 2.22. The Bertz CT molecular complexity index is 400. The summed E-state index contributed by atoms with van der Waals surface area (Å²) in [7, 11) is 3.40. The van der Waals surface area contributed by atoms with Crippen LogP contribution in [0.3, 0.4) is 0 Å². The third-order valence-corrected chi connectivity index (χ3v) is 3.32. The third kappa shape index (κ3) is 2.66. The highest BCUT2D eigenvalue weighted by Crippen LogP contribution is 2.28. The van der Waals surface area contributed by atoms with Crippen molar-refractivity contribution in [3.63, 3.8) is 0 Å². The molecule has 17 heavy (non-hydrogen) atoms. The number of carbonyl (C=O) groups is 1. The Balaban J connectivity index is 1.92. The van der Waals surface area contributed by atoms with Crippen molar-refractivity contribution in [2.45, 2.75) is 31.7 Å². The molecule has 0 bridgehead atoms. The Morgan fingerprint density at radius 1 is 1.71 bits per heavy atom. The van der Waals surface area contributed by atoms with Gasteiger partial charge in [-0.15, -0.1) is 0 Å². The van der Waals surface area contributed by atoms with E-state index in [1.807, 2.05) is 17.9 Å². The second-order valence-electron chi connectivity index (χ2n) is 4.40. The van der Waals surface area contributed by atoms with Crippen molar-refractivity contribution < 1.29 is 9.53 Å². The summed E-state index contributed by atoms with van der Waals surface area (Å²) >= 11 is 0. The van der Waals surface area contributed by atoms with Crippen LogP contribution in [-0.2, 0) is 23.0 Å². The fourth-order valence-electron chi connectivity index (χ4n) is 2.37. The van der Waals surface area contributed by atoms with Crippen LogP contribution in [0.25, 0.3) is 0 Å². The molecule has 5 nitrogen and oxygen atoms in total. The summed E-state index contributed by atoms with van der Waals surface area (Å²) < 4.78 is 6.57. The first-order valence-corrected chi connectivity index (χ1v) is 6.03. The van der Waals surface area contributed by atoms with Crippen molar-refractivity contribution in [1.29, 1.82) is 0 Å². The molecule has 0 spiro atoms. The maximum absolute atomic E-state index is 11.0. The van der Waals surface area contributed by atoms with Crippen LogP contribution in [0.4, 0.5) is 0 Å². The van der Waals surface area contributed by atoms with Gasteiger partial charge in [-0.2, -0.15) is 5.10 Å². The van der Waals surface area contributed by atoms with E-state index < -0.39 is 0 Å². The molecule has 0 radical (unpaired) electrons. The topological polar surface area (TPSA) is 56.1 Å². The minimum Gasteiger partial charge on any atom is -0.469 e. The largest absolute Gasteiger partial charge is 0.469 e. The molecule has 0 aromatic carbocycles. The molecule has 0 saturated carbocycles. The number of carbonyl (C=O) groups excluding carboxylic acids is 1. The van der Waals surface area contributed by atoms with E-state index in [9.17, 15) is 4.79 Å². The third-order valence-electron chi connectivity index (χ3n) is 3.32. The van der Waals surface area contributed by atoms with Gasteiger partial charge in [-0.3, -0.25) is 9.48 Å². The molecule has 0 aliphatic heterocycles. The molecule has 1 aromatic rings. The molecule has 1 unspecified atom stereocenters. The first-order chi connectivity index (χ1) is 8.22. The van der Waals surface area contributed by atoms with Gasteiger partial charge in [0.1, 0.15) is 0 Å². The fourth-order valence-corrected chi connectivity index (χ4v) is 2.37. The second kappa shape index (κ2) is 5.31. The molecule has 0 saturated heterocycles. The van der Waals surface area contributed by atoms with Crippen molar-refractivity contribution in [2.75, 3.05) is 13.7 Å². The number of fused-ring (bicyclic) bond motifs is 1. The minimum absolute atomic E-state index is 0.167. The van der Waals surface area contributed by atoms with Crippen LogP contribution in [0.2, 0.25) is 0 Å². The van der Waals surface area contributed by atoms with E-state index >= 15 is 0 Å². The summed E-state index contributed by atoms with van der Waals surface area (Å²) in [5.41, 5.74) is 2.59. The van der Waals surface area contributed by atoms with Crippen molar-refractivity contribution in [1.82, 2.24) is 15.1 Å². The molecule has 1 atom stereocenters. The molecule has 1 aliphatic carbocycles. The molecule has 2 rings (SSSR count). The fraction of sp³-hybridized carbons (Fsp3) is 0.667. The first kappa shape index (κ1) is 12.1. The number of hydrogen-bond donors (Lipinski definition) is 1. The van der Waals surface area contributed by atoms with Gasteiger partial charge in [0.25, 0.3) is 0 Å². The average molecular weight is 237 g/mol. The number of hydrogen-bond acceptors (Lipinski definition) is 4. The minimum atomic E-state index is -0.167. The van der Waals surface area contributed by atoms with Gasteiger partial charge < -0.3 is 10.1 Å². The van der Waals surface area contributed by atoms with Crippen molar-refractivity contribution in [3.8, 4) is 0 Å². The zero-order valence-corrected chi connectivity index (χ0v) is 10.4. The number of aromatic nitrogens is 2. The molecule has 1 aliphatic rings. The summed E-state index contributed by atoms with van der Waals surface area (Å²) in [6.45, 7) is 0.658. The van der Waals surface area contributed by atoms with Gasteiger partial charge in [-0.1, -0.05) is 0 Å². The van der Waals surface area contributed by atoms with Crippen LogP contribution < -0.4 is 5.32 Å². The summed E-state index contributed by atoms with van der Waals surface area (Å²) in [5, 5.41) is 7.70. The highest BCUT2D eigenvalue weighted by atomic mass is 16.5. The van der Waals surface area contributed by atoms with E-state index in [1.54, 1.807) is 0 Å². The van der Waals surface area contributed by atoms with E-state index in [1.165, 1.54) is 24.8 Å². The van der Waals surface area contributed by atoms with E-state index in [-0.39, 0.29) is 5.97 Å². The summed E-state index contributed by atoms with van der Waals surface area (Å²) in [5.74, 6) is -0.167. The lowest BCUT2D eigenvalue weighted by Crippen LogP contribution is -2.27. The molecule has 0 fully saturated rings. The maximum atomic E-state index is 11.0. The molecule has 1 N–H and O–H groups in total. The number of nitrogens with zero attached hydrogens (tertiary/aromatic N) is 2.